The molecule has 0 saturated heterocycles. The molecule has 38 heavy (non-hydrogen) atoms. The van der Waals surface area contributed by atoms with Gasteiger partial charge in [-0.05, 0) is 71.5 Å². The first-order valence-electron chi connectivity index (χ1n) is 12.2. The van der Waals surface area contributed by atoms with E-state index >= 15 is 0 Å². The van der Waals surface area contributed by atoms with Crippen molar-refractivity contribution in [3.8, 4) is 5.82 Å². The summed E-state index contributed by atoms with van der Waals surface area (Å²) in [5, 5.41) is 3.97. The average Bonchev–Trinajstić information content (AvgIpc) is 3.10. The van der Waals surface area contributed by atoms with E-state index in [4.69, 9.17) is 16.6 Å². The van der Waals surface area contributed by atoms with Crippen LogP contribution in [0.25, 0.3) is 16.9 Å². The molecule has 0 spiro atoms. The Morgan fingerprint density at radius 3 is 2.76 bits per heavy atom. The second-order valence-corrected chi connectivity index (χ2v) is 13.3. The van der Waals surface area contributed by atoms with Crippen molar-refractivity contribution < 1.29 is 4.21 Å². The Kier molecular flexibility index (Phi) is 6.84. The van der Waals surface area contributed by atoms with E-state index in [0.29, 0.717) is 27.8 Å². The van der Waals surface area contributed by atoms with E-state index in [1.807, 2.05) is 0 Å². The average molecular weight is 555 g/mol. The summed E-state index contributed by atoms with van der Waals surface area (Å²) < 4.78 is 18.4. The normalized spacial score (nSPS) is 14.3. The molecule has 1 aliphatic heterocycles. The molecular formula is C26H31ClN8O2S. The number of nitrogens with one attached hydrogen (secondary N) is 2. The first-order chi connectivity index (χ1) is 18.0. The highest BCUT2D eigenvalue weighted by Gasteiger charge is 2.20. The third-order valence-corrected chi connectivity index (χ3v) is 7.46. The molecule has 0 saturated carbocycles. The van der Waals surface area contributed by atoms with Crippen LogP contribution in [0.1, 0.15) is 16.7 Å². The fourth-order valence-electron chi connectivity index (χ4n) is 4.75. The number of halogens is 1. The van der Waals surface area contributed by atoms with Crippen molar-refractivity contribution in [2.75, 3.05) is 36.1 Å². The van der Waals surface area contributed by atoms with Gasteiger partial charge in [0.2, 0.25) is 5.95 Å². The van der Waals surface area contributed by atoms with Gasteiger partial charge >= 0.3 is 0 Å². The first-order valence-corrected chi connectivity index (χ1v) is 15.2. The van der Waals surface area contributed by atoms with Gasteiger partial charge in [0.15, 0.2) is 17.3 Å². The predicted molar refractivity (Wildman–Crippen MR) is 156 cm³/mol. The summed E-state index contributed by atoms with van der Waals surface area (Å²) in [6.45, 7) is 8.07. The highest BCUT2D eigenvalue weighted by Crippen LogP contribution is 2.28. The minimum Gasteiger partial charge on any atom is -0.324 e. The van der Waals surface area contributed by atoms with E-state index in [9.17, 15) is 9.00 Å². The minimum absolute atomic E-state index is 0.225. The first kappa shape index (κ1) is 26.1. The van der Waals surface area contributed by atoms with Gasteiger partial charge in [-0.2, -0.15) is 4.98 Å². The quantitative estimate of drug-likeness (QED) is 0.237. The monoisotopic (exact) mass is 554 g/mol. The van der Waals surface area contributed by atoms with E-state index in [-0.39, 0.29) is 17.9 Å². The largest absolute Gasteiger partial charge is 0.324 e. The van der Waals surface area contributed by atoms with Crippen molar-refractivity contribution in [1.29, 1.82) is 0 Å². The van der Waals surface area contributed by atoms with Crippen LogP contribution in [-0.4, -0.2) is 59.5 Å². The maximum Gasteiger partial charge on any atom is 0.278 e. The summed E-state index contributed by atoms with van der Waals surface area (Å²) in [5.41, 5.74) is 4.88. The van der Waals surface area contributed by atoms with Gasteiger partial charge < -0.3 is 14.9 Å². The number of aryl methyl sites for hydroxylation is 1. The summed E-state index contributed by atoms with van der Waals surface area (Å²) in [5.74, 6) is 1.000. The highest BCUT2D eigenvalue weighted by molar-refractivity contribution is 8.02. The molecule has 0 amide bonds. The molecule has 1 aliphatic rings. The maximum atomic E-state index is 13.3. The fraction of sp³-hybridized carbons (Fsp3) is 0.308. The molecule has 12 heteroatoms. The molecule has 0 unspecified atom stereocenters. The lowest BCUT2D eigenvalue weighted by Crippen LogP contribution is -2.27. The van der Waals surface area contributed by atoms with Crippen molar-refractivity contribution in [2.45, 2.75) is 26.4 Å². The smallest absolute Gasteiger partial charge is 0.278 e. The molecule has 0 bridgehead atoms. The number of hydrogen-bond acceptors (Lipinski definition) is 7. The lowest BCUT2D eigenvalue weighted by Gasteiger charge is -2.27. The number of pyridine rings is 1. The second-order valence-electron chi connectivity index (χ2n) is 9.92. The second kappa shape index (κ2) is 9.97. The van der Waals surface area contributed by atoms with Gasteiger partial charge in [0.25, 0.3) is 5.56 Å². The highest BCUT2D eigenvalue weighted by atomic mass is 35.5. The Morgan fingerprint density at radius 2 is 2.03 bits per heavy atom. The Labute approximate surface area is 226 Å². The topological polar surface area (TPSA) is 110 Å². The predicted octanol–water partition coefficient (Wildman–Crippen LogP) is 3.46. The summed E-state index contributed by atoms with van der Waals surface area (Å²) in [7, 11) is -0.567. The number of allylic oxidation sites excluding steroid dienone is 1. The van der Waals surface area contributed by atoms with Gasteiger partial charge in [-0.25, -0.2) is 19.3 Å². The Morgan fingerprint density at radius 1 is 1.24 bits per heavy atom. The minimum atomic E-state index is -2.69. The van der Waals surface area contributed by atoms with Crippen LogP contribution < -0.4 is 15.6 Å². The van der Waals surface area contributed by atoms with Gasteiger partial charge in [-0.15, -0.1) is 6.58 Å². The van der Waals surface area contributed by atoms with E-state index < -0.39 is 10.1 Å². The number of fused-ring (bicyclic) bond motifs is 2. The number of likely N-dealkylation sites (N-methyl/N-ethyl adjacent to an activating group) is 1. The number of thiol groups is 1. The van der Waals surface area contributed by atoms with E-state index in [2.05, 4.69) is 57.6 Å². The van der Waals surface area contributed by atoms with Crippen molar-refractivity contribution in [2.24, 2.45) is 0 Å². The van der Waals surface area contributed by atoms with Gasteiger partial charge in [-0.3, -0.25) is 9.00 Å². The Hall–Kier alpha value is -3.54. The number of nitrogens with zero attached hydrogens (tertiary/aromatic N) is 6. The van der Waals surface area contributed by atoms with Crippen LogP contribution in [0.3, 0.4) is 0 Å². The molecule has 2 N–H and O–H groups in total. The van der Waals surface area contributed by atoms with Gasteiger partial charge in [0.05, 0.1) is 11.6 Å². The summed E-state index contributed by atoms with van der Waals surface area (Å²) in [6, 6.07) is 7.55. The maximum absolute atomic E-state index is 13.3. The zero-order valence-electron chi connectivity index (χ0n) is 21.8. The van der Waals surface area contributed by atoms with E-state index in [1.165, 1.54) is 27.6 Å². The molecule has 0 fully saturated rings. The third kappa shape index (κ3) is 5.09. The van der Waals surface area contributed by atoms with E-state index in [1.54, 1.807) is 35.4 Å². The molecule has 4 aromatic rings. The zero-order valence-corrected chi connectivity index (χ0v) is 23.5. The molecule has 5 rings (SSSR count). The van der Waals surface area contributed by atoms with Crippen molar-refractivity contribution in [3.63, 3.8) is 0 Å². The molecule has 200 valence electrons. The molecule has 0 aliphatic carbocycles. The van der Waals surface area contributed by atoms with Gasteiger partial charge in [0.1, 0.15) is 5.39 Å². The van der Waals surface area contributed by atoms with Crippen molar-refractivity contribution >= 4 is 50.2 Å². The van der Waals surface area contributed by atoms with Gasteiger partial charge in [0, 0.05) is 37.5 Å². The summed E-state index contributed by atoms with van der Waals surface area (Å²) in [4.78, 5) is 29.3. The number of anilines is 3. The Balaban J connectivity index is 1.61. The third-order valence-electron chi connectivity index (χ3n) is 6.41. The van der Waals surface area contributed by atoms with Gasteiger partial charge in [-0.1, -0.05) is 17.7 Å². The zero-order chi connectivity index (χ0) is 27.2. The molecule has 1 aromatic carbocycles. The van der Waals surface area contributed by atoms with Crippen LogP contribution in [0.4, 0.5) is 17.5 Å². The summed E-state index contributed by atoms with van der Waals surface area (Å²) >= 11 is 6.32. The van der Waals surface area contributed by atoms with Crippen LogP contribution in [-0.2, 0) is 29.6 Å². The van der Waals surface area contributed by atoms with Crippen LogP contribution in [0.15, 0.2) is 47.9 Å². The summed E-state index contributed by atoms with van der Waals surface area (Å²) in [6.07, 6.45) is 7.34. The van der Waals surface area contributed by atoms with Crippen molar-refractivity contribution in [1.82, 2.24) is 29.2 Å². The molecular weight excluding hydrogens is 524 g/mol. The molecule has 0 atom stereocenters. The molecule has 3 aromatic heterocycles. The number of rotatable bonds is 7. The van der Waals surface area contributed by atoms with E-state index in [0.717, 1.165) is 25.2 Å². The van der Waals surface area contributed by atoms with Crippen LogP contribution in [0.2, 0.25) is 5.02 Å². The molecule has 0 radical (unpaired) electrons. The molecule has 10 nitrogen and oxygen atoms in total. The standard InChI is InChI=1S/C26H31ClN8O2S/c1-6-10-34-25(36)20-14-28-26(29-18-12-16(2)19-9-11-33(3)15-17(19)13-18)31-24(20)35(34)22-8-7-21(27)23(30-22)32-38(4,5)37/h6-8,12-14,38H,1,9-11,15H2,2-5H3,(H,28,29,31)(H,30,32,37). The Bertz CT molecular complexity index is 1670. The number of aromatic nitrogens is 5. The van der Waals surface area contributed by atoms with Crippen LogP contribution in [0.5, 0.6) is 0 Å². The SMILES string of the molecule is C=CCn1c(=O)c2cnc(Nc3cc(C)c4c(c3)CN(C)CC4)nc2n1-c1ccc(Cl)c(N[SH](C)(C)=O)n1. The fourth-order valence-corrected chi connectivity index (χ4v) is 5.65. The molecule has 4 heterocycles. The lowest BCUT2D eigenvalue weighted by atomic mass is 9.94. The number of benzene rings is 1. The number of hydrogen-bond donors (Lipinski definition) is 3. The lowest BCUT2D eigenvalue weighted by molar-refractivity contribution is 0.312. The van der Waals surface area contributed by atoms with Crippen LogP contribution >= 0.6 is 11.6 Å². The van der Waals surface area contributed by atoms with Crippen molar-refractivity contribution in [3.05, 3.63) is 75.2 Å². The van der Waals surface area contributed by atoms with Crippen LogP contribution in [0, 0.1) is 6.92 Å².